The van der Waals surface area contributed by atoms with Crippen LogP contribution in [-0.2, 0) is 20.7 Å². The number of benzene rings is 2. The van der Waals surface area contributed by atoms with E-state index in [2.05, 4.69) is 44.1 Å². The first kappa shape index (κ1) is 23.9. The molecular formula is C27H29N5O4S. The number of hydrogen-bond acceptors (Lipinski definition) is 8. The predicted molar refractivity (Wildman–Crippen MR) is 140 cm³/mol. The molecule has 1 fully saturated rings. The summed E-state index contributed by atoms with van der Waals surface area (Å²) in [6, 6.07) is 16.8. The van der Waals surface area contributed by atoms with Crippen LogP contribution in [-0.4, -0.2) is 40.8 Å². The van der Waals surface area contributed by atoms with Crippen molar-refractivity contribution in [2.45, 2.75) is 48.8 Å². The number of fused-ring (bicyclic) bond motifs is 2. The highest BCUT2D eigenvalue weighted by Crippen LogP contribution is 2.39. The fourth-order valence-corrected chi connectivity index (χ4v) is 6.76. The molecule has 6 rings (SSSR count). The predicted octanol–water partition coefficient (Wildman–Crippen LogP) is 3.83. The van der Waals surface area contributed by atoms with Gasteiger partial charge in [-0.2, -0.15) is 8.42 Å². The van der Waals surface area contributed by atoms with Gasteiger partial charge in [0.25, 0.3) is 10.1 Å². The summed E-state index contributed by atoms with van der Waals surface area (Å²) in [5.41, 5.74) is 9.41. The van der Waals surface area contributed by atoms with Crippen LogP contribution in [0.4, 0.5) is 11.5 Å². The molecule has 0 aliphatic heterocycles. The molecule has 0 saturated heterocycles. The lowest BCUT2D eigenvalue weighted by molar-refractivity contribution is 0.100. The van der Waals surface area contributed by atoms with E-state index in [4.69, 9.17) is 9.92 Å². The molecule has 4 aromatic rings. The third-order valence-corrected chi connectivity index (χ3v) is 8.96. The van der Waals surface area contributed by atoms with Crippen LogP contribution < -0.4 is 11.1 Å². The van der Waals surface area contributed by atoms with E-state index in [0.717, 1.165) is 29.7 Å². The van der Waals surface area contributed by atoms with Crippen LogP contribution in [0.2, 0.25) is 0 Å². The highest BCUT2D eigenvalue weighted by molar-refractivity contribution is 7.87. The fourth-order valence-electron chi connectivity index (χ4n) is 5.68. The second-order valence-electron chi connectivity index (χ2n) is 9.85. The van der Waals surface area contributed by atoms with Crippen LogP contribution in [0.3, 0.4) is 0 Å². The molecule has 4 atom stereocenters. The molecule has 4 N–H and O–H groups in total. The van der Waals surface area contributed by atoms with Crippen molar-refractivity contribution in [2.24, 2.45) is 5.92 Å². The number of nitrogens with zero attached hydrogens (tertiary/aromatic N) is 3. The number of para-hydroxylation sites is 1. The number of aliphatic hydroxyl groups is 1. The minimum Gasteiger partial charge on any atom is -0.398 e. The highest BCUT2D eigenvalue weighted by atomic mass is 32.2. The van der Waals surface area contributed by atoms with Gasteiger partial charge < -0.3 is 20.7 Å². The van der Waals surface area contributed by atoms with E-state index < -0.39 is 16.2 Å². The monoisotopic (exact) mass is 519 g/mol. The Kier molecular flexibility index (Phi) is 6.10. The van der Waals surface area contributed by atoms with Gasteiger partial charge in [-0.25, -0.2) is 9.97 Å². The van der Waals surface area contributed by atoms with Gasteiger partial charge in [-0.15, -0.1) is 0 Å². The van der Waals surface area contributed by atoms with Gasteiger partial charge >= 0.3 is 0 Å². The minimum absolute atomic E-state index is 0.0412. The van der Waals surface area contributed by atoms with Crippen LogP contribution in [0.15, 0.2) is 72.0 Å². The van der Waals surface area contributed by atoms with Crippen molar-refractivity contribution in [1.82, 2.24) is 14.5 Å². The zero-order valence-corrected chi connectivity index (χ0v) is 21.0. The fraction of sp³-hybridized carbons (Fsp3) is 0.333. The molecule has 192 valence electrons. The molecule has 2 aromatic carbocycles. The van der Waals surface area contributed by atoms with Crippen LogP contribution in [0.25, 0.3) is 11.0 Å². The maximum Gasteiger partial charge on any atom is 0.299 e. The second kappa shape index (κ2) is 9.44. The van der Waals surface area contributed by atoms with Gasteiger partial charge in [-0.05, 0) is 55.0 Å². The van der Waals surface area contributed by atoms with Crippen molar-refractivity contribution in [3.63, 3.8) is 0 Å². The van der Waals surface area contributed by atoms with E-state index in [1.165, 1.54) is 23.3 Å². The van der Waals surface area contributed by atoms with Crippen molar-refractivity contribution < 1.29 is 17.7 Å². The van der Waals surface area contributed by atoms with Gasteiger partial charge in [0, 0.05) is 18.2 Å². The molecule has 0 radical (unpaired) electrons. The van der Waals surface area contributed by atoms with E-state index in [1.807, 2.05) is 12.3 Å². The number of rotatable bonds is 7. The smallest absolute Gasteiger partial charge is 0.299 e. The largest absolute Gasteiger partial charge is 0.398 e. The third-order valence-electron chi connectivity index (χ3n) is 7.60. The lowest BCUT2D eigenvalue weighted by atomic mass is 10.1. The first-order valence-corrected chi connectivity index (χ1v) is 13.9. The summed E-state index contributed by atoms with van der Waals surface area (Å²) in [7, 11) is -4.02. The average molecular weight is 520 g/mol. The maximum absolute atomic E-state index is 12.6. The van der Waals surface area contributed by atoms with E-state index in [9.17, 15) is 13.5 Å². The molecule has 0 bridgehead atoms. The number of nitrogens with one attached hydrogen (secondary N) is 1. The first-order chi connectivity index (χ1) is 17.9. The Morgan fingerprint density at radius 2 is 1.89 bits per heavy atom. The van der Waals surface area contributed by atoms with Gasteiger partial charge in [-0.1, -0.05) is 36.4 Å². The Bertz CT molecular complexity index is 1550. The topological polar surface area (TPSA) is 132 Å². The van der Waals surface area contributed by atoms with Crippen LogP contribution >= 0.6 is 0 Å². The lowest BCUT2D eigenvalue weighted by Crippen LogP contribution is -2.21. The summed E-state index contributed by atoms with van der Waals surface area (Å²) in [4.78, 5) is 9.00. The Morgan fingerprint density at radius 3 is 2.76 bits per heavy atom. The molecule has 2 aromatic heterocycles. The van der Waals surface area contributed by atoms with E-state index in [-0.39, 0.29) is 35.2 Å². The number of aryl methyl sites for hydroxylation is 1. The summed E-state index contributed by atoms with van der Waals surface area (Å²) >= 11 is 0. The summed E-state index contributed by atoms with van der Waals surface area (Å²) < 4.78 is 32.7. The molecule has 0 unspecified atom stereocenters. The van der Waals surface area contributed by atoms with E-state index in [0.29, 0.717) is 12.8 Å². The van der Waals surface area contributed by atoms with Crippen LogP contribution in [0, 0.1) is 5.92 Å². The number of aliphatic hydroxyl groups excluding tert-OH is 1. The normalized spacial score (nSPS) is 23.4. The zero-order chi connectivity index (χ0) is 25.6. The molecule has 2 heterocycles. The van der Waals surface area contributed by atoms with Crippen LogP contribution in [0.5, 0.6) is 0 Å². The van der Waals surface area contributed by atoms with E-state index in [1.54, 1.807) is 18.5 Å². The molecule has 0 spiro atoms. The standard InChI is InChI=1S/C27H29N5O4S/c28-22-7-3-4-8-25(22)37(34,35)36-15-18-13-19(14-24(18)33)32-12-11-21-26(29-16-30-27(21)32)31-23-10-9-17-5-1-2-6-20(17)23/h1-8,11-12,16,18-19,23-24,33H,9-10,13-15,28H2,(H,29,30,31)/t18-,19+,23-,24-/m0/s1. The molecule has 2 aliphatic carbocycles. The van der Waals surface area contributed by atoms with Gasteiger partial charge in [0.15, 0.2) is 0 Å². The maximum atomic E-state index is 12.6. The minimum atomic E-state index is -4.02. The number of aromatic nitrogens is 3. The van der Waals surface area contributed by atoms with Crippen molar-refractivity contribution in [1.29, 1.82) is 0 Å². The van der Waals surface area contributed by atoms with Gasteiger partial charge in [0.1, 0.15) is 22.7 Å². The Hall–Kier alpha value is -3.47. The molecule has 37 heavy (non-hydrogen) atoms. The SMILES string of the molecule is Nc1ccccc1S(=O)(=O)OC[C@@H]1C[C@@H](n2ccc3c(N[C@H]4CCc5ccccc54)ncnc32)C[C@@H]1O. The Labute approximate surface area is 215 Å². The number of nitrogens with two attached hydrogens (primary N) is 1. The summed E-state index contributed by atoms with van der Waals surface area (Å²) in [5, 5.41) is 15.3. The van der Waals surface area contributed by atoms with E-state index >= 15 is 0 Å². The molecule has 1 saturated carbocycles. The molecular weight excluding hydrogens is 490 g/mol. The Balaban J connectivity index is 1.18. The molecule has 9 nitrogen and oxygen atoms in total. The Morgan fingerprint density at radius 1 is 1.08 bits per heavy atom. The average Bonchev–Trinajstić information content (AvgIpc) is 3.60. The molecule has 0 amide bonds. The summed E-state index contributed by atoms with van der Waals surface area (Å²) in [5.74, 6) is 0.451. The quantitative estimate of drug-likeness (QED) is 0.248. The molecule has 2 aliphatic rings. The van der Waals surface area contributed by atoms with Gasteiger partial charge in [0.05, 0.1) is 29.8 Å². The first-order valence-electron chi connectivity index (χ1n) is 12.5. The van der Waals surface area contributed by atoms with Crippen molar-refractivity contribution in [3.05, 3.63) is 78.2 Å². The lowest BCUT2D eigenvalue weighted by Gasteiger charge is -2.17. The number of nitrogen functional groups attached to an aromatic ring is 1. The van der Waals surface area contributed by atoms with Crippen molar-refractivity contribution in [2.75, 3.05) is 17.7 Å². The van der Waals surface area contributed by atoms with Crippen molar-refractivity contribution >= 4 is 32.7 Å². The van der Waals surface area contributed by atoms with Crippen LogP contribution in [0.1, 0.15) is 42.5 Å². The second-order valence-corrected chi connectivity index (χ2v) is 11.4. The third kappa shape index (κ3) is 4.45. The van der Waals surface area contributed by atoms with Crippen molar-refractivity contribution in [3.8, 4) is 0 Å². The highest BCUT2D eigenvalue weighted by Gasteiger charge is 2.36. The number of hydrogen-bond donors (Lipinski definition) is 3. The van der Waals surface area contributed by atoms with Gasteiger partial charge in [-0.3, -0.25) is 4.18 Å². The molecule has 10 heteroatoms. The number of anilines is 2. The van der Waals surface area contributed by atoms with Gasteiger partial charge in [0.2, 0.25) is 0 Å². The summed E-state index contributed by atoms with van der Waals surface area (Å²) in [6.07, 6.45) is 5.93. The summed E-state index contributed by atoms with van der Waals surface area (Å²) in [6.45, 7) is -0.115. The zero-order valence-electron chi connectivity index (χ0n) is 20.2.